The Morgan fingerprint density at radius 2 is 1.83 bits per heavy atom. The van der Waals surface area contributed by atoms with Crippen molar-refractivity contribution >= 4 is 40.5 Å². The van der Waals surface area contributed by atoms with Crippen LogP contribution in [-0.2, 0) is 0 Å². The number of hydrogen-bond acceptors (Lipinski definition) is 3. The first kappa shape index (κ1) is 19.9. The first-order valence-corrected chi connectivity index (χ1v) is 9.64. The van der Waals surface area contributed by atoms with Gasteiger partial charge in [-0.3, -0.25) is 4.79 Å². The molecule has 0 aliphatic carbocycles. The van der Waals surface area contributed by atoms with E-state index >= 15 is 0 Å². The Kier molecular flexibility index (Phi) is 5.44. The van der Waals surface area contributed by atoms with E-state index in [9.17, 15) is 9.18 Å². The van der Waals surface area contributed by atoms with E-state index in [1.54, 1.807) is 54.7 Å². The van der Waals surface area contributed by atoms with Gasteiger partial charge in [-0.25, -0.2) is 9.37 Å². The molecule has 4 aromatic rings. The molecule has 4 N–H and O–H groups in total. The molecule has 30 heavy (non-hydrogen) atoms. The zero-order chi connectivity index (χ0) is 21.3. The van der Waals surface area contributed by atoms with Crippen molar-refractivity contribution in [1.82, 2.24) is 9.97 Å². The average molecular weight is 441 g/mol. The zero-order valence-corrected chi connectivity index (χ0v) is 16.9. The molecule has 1 heterocycles. The van der Waals surface area contributed by atoms with Crippen molar-refractivity contribution in [1.29, 1.82) is 0 Å². The van der Waals surface area contributed by atoms with Crippen molar-refractivity contribution in [3.05, 3.63) is 88.3 Å². The van der Waals surface area contributed by atoms with Crippen LogP contribution in [0.1, 0.15) is 10.4 Å². The number of halogens is 3. The van der Waals surface area contributed by atoms with Gasteiger partial charge >= 0.3 is 0 Å². The molecule has 0 radical (unpaired) electrons. The van der Waals surface area contributed by atoms with E-state index in [1.165, 1.54) is 12.1 Å². The largest absolute Gasteiger partial charge is 0.397 e. The van der Waals surface area contributed by atoms with Crippen LogP contribution in [0.25, 0.3) is 22.6 Å². The third-order valence-corrected chi connectivity index (χ3v) is 5.03. The van der Waals surface area contributed by atoms with Crippen molar-refractivity contribution in [3.63, 3.8) is 0 Å². The molecule has 5 nitrogen and oxygen atoms in total. The Morgan fingerprint density at radius 1 is 1.07 bits per heavy atom. The standard InChI is InChI=1S/C22H15Cl2FN4O/c23-14-8-9-17(26)18(10-14)29-22(30)13-6-4-12(5-7-13)19-11-27-21(28-19)20-15(24)2-1-3-16(20)25/h1-11H,26H2,(H,27,28)(H,29,30). The monoisotopic (exact) mass is 440 g/mol. The summed E-state index contributed by atoms with van der Waals surface area (Å²) in [6.07, 6.45) is 1.65. The van der Waals surface area contributed by atoms with Gasteiger partial charge in [0.15, 0.2) is 0 Å². The molecule has 4 rings (SSSR count). The predicted octanol–water partition coefficient (Wildman–Crippen LogP) is 6.02. The Morgan fingerprint density at radius 3 is 2.57 bits per heavy atom. The van der Waals surface area contributed by atoms with Gasteiger partial charge in [0.1, 0.15) is 11.6 Å². The molecule has 0 fully saturated rings. The van der Waals surface area contributed by atoms with E-state index in [2.05, 4.69) is 15.3 Å². The van der Waals surface area contributed by atoms with Crippen molar-refractivity contribution in [3.8, 4) is 22.6 Å². The van der Waals surface area contributed by atoms with Crippen LogP contribution in [0.4, 0.5) is 15.8 Å². The summed E-state index contributed by atoms with van der Waals surface area (Å²) < 4.78 is 14.1. The van der Waals surface area contributed by atoms with E-state index in [-0.39, 0.29) is 16.5 Å². The van der Waals surface area contributed by atoms with Crippen LogP contribution >= 0.6 is 23.2 Å². The third kappa shape index (κ3) is 4.01. The van der Waals surface area contributed by atoms with E-state index in [4.69, 9.17) is 28.9 Å². The number of carbonyl (C=O) groups is 1. The molecule has 0 bridgehead atoms. The number of nitrogens with zero attached hydrogens (tertiary/aromatic N) is 1. The van der Waals surface area contributed by atoms with Crippen LogP contribution < -0.4 is 11.1 Å². The maximum Gasteiger partial charge on any atom is 0.255 e. The first-order valence-electron chi connectivity index (χ1n) is 8.89. The minimum absolute atomic E-state index is 0.209. The van der Waals surface area contributed by atoms with Gasteiger partial charge in [0.05, 0.1) is 27.7 Å². The fourth-order valence-corrected chi connectivity index (χ4v) is 3.37. The molecule has 3 aromatic carbocycles. The molecular weight excluding hydrogens is 426 g/mol. The number of aromatic amines is 1. The summed E-state index contributed by atoms with van der Waals surface area (Å²) in [7, 11) is 0. The van der Waals surface area contributed by atoms with E-state index in [1.807, 2.05) is 0 Å². The van der Waals surface area contributed by atoms with Crippen molar-refractivity contribution < 1.29 is 9.18 Å². The average Bonchev–Trinajstić information content (AvgIpc) is 3.20. The number of hydrogen-bond donors (Lipinski definition) is 3. The highest BCUT2D eigenvalue weighted by Gasteiger charge is 2.14. The number of anilines is 2. The van der Waals surface area contributed by atoms with Crippen molar-refractivity contribution in [2.45, 2.75) is 0 Å². The van der Waals surface area contributed by atoms with Gasteiger partial charge in [0.25, 0.3) is 5.91 Å². The van der Waals surface area contributed by atoms with Gasteiger partial charge < -0.3 is 16.0 Å². The minimum Gasteiger partial charge on any atom is -0.397 e. The number of imidazole rings is 1. The third-order valence-electron chi connectivity index (χ3n) is 4.48. The molecular formula is C22H15Cl2FN4O. The van der Waals surface area contributed by atoms with Crippen LogP contribution in [0.2, 0.25) is 10.0 Å². The van der Waals surface area contributed by atoms with Crippen LogP contribution in [0.15, 0.2) is 66.9 Å². The number of rotatable bonds is 4. The predicted molar refractivity (Wildman–Crippen MR) is 118 cm³/mol. The highest BCUT2D eigenvalue weighted by molar-refractivity contribution is 6.33. The summed E-state index contributed by atoms with van der Waals surface area (Å²) in [5.41, 5.74) is 8.71. The van der Waals surface area contributed by atoms with E-state index < -0.39 is 5.82 Å². The van der Waals surface area contributed by atoms with E-state index in [0.717, 1.165) is 5.56 Å². The molecule has 1 amide bonds. The highest BCUT2D eigenvalue weighted by atomic mass is 35.5. The Bertz CT molecular complexity index is 1220. The number of H-pyrrole nitrogens is 1. The Balaban J connectivity index is 1.55. The second-order valence-electron chi connectivity index (χ2n) is 6.49. The van der Waals surface area contributed by atoms with E-state index in [0.29, 0.717) is 33.5 Å². The molecule has 0 unspecified atom stereocenters. The lowest BCUT2D eigenvalue weighted by atomic mass is 10.1. The molecule has 0 atom stereocenters. The summed E-state index contributed by atoms with van der Waals surface area (Å²) in [5.74, 6) is -0.460. The van der Waals surface area contributed by atoms with Crippen LogP contribution in [-0.4, -0.2) is 15.9 Å². The summed E-state index contributed by atoms with van der Waals surface area (Å²) in [4.78, 5) is 19.9. The zero-order valence-electron chi connectivity index (χ0n) is 15.4. The van der Waals surface area contributed by atoms with Gasteiger partial charge in [0.2, 0.25) is 0 Å². The molecule has 150 valence electrons. The van der Waals surface area contributed by atoms with Gasteiger partial charge in [-0.2, -0.15) is 0 Å². The normalized spacial score (nSPS) is 10.8. The summed E-state index contributed by atoms with van der Waals surface area (Å²) in [6.45, 7) is 0. The van der Waals surface area contributed by atoms with Gasteiger partial charge in [-0.1, -0.05) is 41.4 Å². The topological polar surface area (TPSA) is 83.8 Å². The fourth-order valence-electron chi connectivity index (χ4n) is 2.95. The number of nitrogens with one attached hydrogen (secondary N) is 2. The molecule has 1 aromatic heterocycles. The molecule has 0 spiro atoms. The number of nitrogens with two attached hydrogens (primary N) is 1. The fraction of sp³-hybridized carbons (Fsp3) is 0. The number of nitrogen functional groups attached to an aromatic ring is 1. The molecule has 8 heteroatoms. The molecule has 0 aliphatic rings. The Hall–Kier alpha value is -3.35. The van der Waals surface area contributed by atoms with Crippen LogP contribution in [0.5, 0.6) is 0 Å². The minimum atomic E-state index is -0.462. The number of aromatic nitrogens is 2. The van der Waals surface area contributed by atoms with Crippen LogP contribution in [0.3, 0.4) is 0 Å². The molecule has 0 saturated carbocycles. The van der Waals surface area contributed by atoms with Crippen LogP contribution in [0, 0.1) is 5.82 Å². The second kappa shape index (κ2) is 8.18. The summed E-state index contributed by atoms with van der Waals surface area (Å²) >= 11 is 12.1. The molecule has 0 aliphatic heterocycles. The van der Waals surface area contributed by atoms with Crippen molar-refractivity contribution in [2.24, 2.45) is 0 Å². The van der Waals surface area contributed by atoms with Crippen molar-refractivity contribution in [2.75, 3.05) is 11.1 Å². The maximum atomic E-state index is 14.1. The highest BCUT2D eigenvalue weighted by Crippen LogP contribution is 2.30. The lowest BCUT2D eigenvalue weighted by molar-refractivity contribution is 0.102. The van der Waals surface area contributed by atoms with Gasteiger partial charge in [0, 0.05) is 22.3 Å². The quantitative estimate of drug-likeness (QED) is 0.339. The number of benzene rings is 3. The second-order valence-corrected chi connectivity index (χ2v) is 7.34. The first-order chi connectivity index (χ1) is 14.4. The smallest absolute Gasteiger partial charge is 0.255 e. The molecule has 0 saturated heterocycles. The van der Waals surface area contributed by atoms with Gasteiger partial charge in [-0.05, 0) is 42.5 Å². The lowest BCUT2D eigenvalue weighted by Crippen LogP contribution is -2.13. The SMILES string of the molecule is Nc1ccc(Cl)cc1NC(=O)c1ccc(-c2c[nH]c(-c3c(F)cccc3Cl)n2)cc1. The number of carbonyl (C=O) groups excluding carboxylic acids is 1. The summed E-state index contributed by atoms with van der Waals surface area (Å²) in [6, 6.07) is 16.1. The number of amides is 1. The van der Waals surface area contributed by atoms with Gasteiger partial charge in [-0.15, -0.1) is 0 Å². The Labute approximate surface area is 181 Å². The summed E-state index contributed by atoms with van der Waals surface area (Å²) in [5, 5.41) is 3.48. The maximum absolute atomic E-state index is 14.1. The lowest BCUT2D eigenvalue weighted by Gasteiger charge is -2.09.